The van der Waals surface area contributed by atoms with Crippen LogP contribution in [-0.2, 0) is 27.2 Å². The second-order valence-corrected chi connectivity index (χ2v) is 14.7. The lowest BCUT2D eigenvalue weighted by Gasteiger charge is -2.15. The van der Waals surface area contributed by atoms with Crippen molar-refractivity contribution in [2.24, 2.45) is 12.1 Å². The van der Waals surface area contributed by atoms with Gasteiger partial charge < -0.3 is 9.30 Å². The molecular formula is C33H49N3O6S2. The zero-order valence-corrected chi connectivity index (χ0v) is 28.1. The average Bonchev–Trinajstić information content (AvgIpc) is 3.00. The number of aryl methyl sites for hydroxylation is 1. The Morgan fingerprint density at radius 3 is 1.84 bits per heavy atom. The van der Waals surface area contributed by atoms with Gasteiger partial charge in [-0.05, 0) is 60.5 Å². The Bertz CT molecular complexity index is 1620. The molecule has 0 radical (unpaired) electrons. The van der Waals surface area contributed by atoms with E-state index in [4.69, 9.17) is 4.74 Å². The normalized spacial score (nSPS) is 12.6. The second kappa shape index (κ2) is 17.6. The molecule has 0 fully saturated rings. The number of methoxy groups -OCH3 is 1. The van der Waals surface area contributed by atoms with Crippen molar-refractivity contribution >= 4 is 31.0 Å². The number of unbranched alkanes of at least 4 members (excludes halogenated alkanes) is 13. The highest BCUT2D eigenvalue weighted by molar-refractivity contribution is 7.89. The summed E-state index contributed by atoms with van der Waals surface area (Å²) in [6.45, 7) is 2.24. The molecule has 244 valence electrons. The van der Waals surface area contributed by atoms with Crippen molar-refractivity contribution in [3.8, 4) is 17.0 Å². The van der Waals surface area contributed by atoms with Gasteiger partial charge in [0.15, 0.2) is 0 Å². The number of hydrogen-bond donors (Lipinski definition) is 2. The lowest BCUT2D eigenvalue weighted by molar-refractivity contribution is 0.415. The third kappa shape index (κ3) is 11.2. The molecule has 0 unspecified atom stereocenters. The molecule has 0 bridgehead atoms. The maximum Gasteiger partial charge on any atom is 0.294 e. The van der Waals surface area contributed by atoms with Crippen LogP contribution in [0.15, 0.2) is 58.5 Å². The van der Waals surface area contributed by atoms with Crippen LogP contribution in [0.25, 0.3) is 22.2 Å². The highest BCUT2D eigenvalue weighted by atomic mass is 32.2. The number of ether oxygens (including phenoxy) is 1. The predicted molar refractivity (Wildman–Crippen MR) is 178 cm³/mol. The molecule has 0 amide bonds. The van der Waals surface area contributed by atoms with Crippen LogP contribution >= 0.6 is 0 Å². The van der Waals surface area contributed by atoms with E-state index in [0.29, 0.717) is 23.1 Å². The molecule has 3 aromatic rings. The molecule has 0 atom stereocenters. The van der Waals surface area contributed by atoms with E-state index in [0.717, 1.165) is 30.5 Å². The Morgan fingerprint density at radius 2 is 1.32 bits per heavy atom. The third-order valence-corrected chi connectivity index (χ3v) is 10.0. The highest BCUT2D eigenvalue weighted by Gasteiger charge is 2.15. The summed E-state index contributed by atoms with van der Waals surface area (Å²) in [5.74, 6) is 0.644. The van der Waals surface area contributed by atoms with E-state index >= 15 is 0 Å². The smallest absolute Gasteiger partial charge is 0.294 e. The summed E-state index contributed by atoms with van der Waals surface area (Å²) in [6, 6.07) is 13.2. The van der Waals surface area contributed by atoms with Crippen molar-refractivity contribution in [2.75, 3.05) is 12.9 Å². The molecule has 2 aromatic carbocycles. The molecule has 0 saturated heterocycles. The molecule has 0 aliphatic rings. The molecule has 1 aromatic heterocycles. The molecule has 0 spiro atoms. The van der Waals surface area contributed by atoms with Crippen molar-refractivity contribution in [1.82, 2.24) is 9.40 Å². The fourth-order valence-electron chi connectivity index (χ4n) is 5.39. The first-order valence-electron chi connectivity index (χ1n) is 15.8. The van der Waals surface area contributed by atoms with Crippen molar-refractivity contribution < 1.29 is 26.1 Å². The molecule has 11 heteroatoms. The summed E-state index contributed by atoms with van der Waals surface area (Å²) >= 11 is 0. The molecule has 0 aliphatic carbocycles. The number of fused-ring (bicyclic) bond motifs is 1. The Kier molecular flexibility index (Phi) is 14.2. The van der Waals surface area contributed by atoms with Gasteiger partial charge in [0.1, 0.15) is 5.75 Å². The minimum absolute atomic E-state index is 0.0469. The summed E-state index contributed by atoms with van der Waals surface area (Å²) in [7, 11) is -4.78. The number of sulfonamides is 1. The fraction of sp³-hybridized carbons (Fsp3) is 0.545. The fourth-order valence-corrected chi connectivity index (χ4v) is 6.81. The number of pyridine rings is 1. The SMILES string of the molecule is CCCCCCCCCCCCCCCCS(=O)(=O)N/N=c1\cc(-c2ccc(OC)cc2)n(C)c2ccc(S(=O)(=O)O)cc12. The first kappa shape index (κ1) is 35.6. The average molecular weight is 648 g/mol. The number of rotatable bonds is 20. The molecule has 2 N–H and O–H groups in total. The van der Waals surface area contributed by atoms with Crippen LogP contribution in [0, 0.1) is 0 Å². The van der Waals surface area contributed by atoms with Crippen molar-refractivity contribution in [3.63, 3.8) is 0 Å². The Hall–Kier alpha value is -2.89. The first-order valence-corrected chi connectivity index (χ1v) is 18.9. The number of nitrogens with one attached hydrogen (secondary N) is 1. The van der Waals surface area contributed by atoms with Crippen LogP contribution in [0.2, 0.25) is 0 Å². The minimum Gasteiger partial charge on any atom is -0.497 e. The number of hydrogen-bond acceptors (Lipinski definition) is 6. The summed E-state index contributed by atoms with van der Waals surface area (Å²) in [5.41, 5.74) is 2.16. The highest BCUT2D eigenvalue weighted by Crippen LogP contribution is 2.25. The molecule has 0 aliphatic heterocycles. The van der Waals surface area contributed by atoms with Gasteiger partial charge in [-0.1, -0.05) is 90.4 Å². The molecular weight excluding hydrogens is 599 g/mol. The lowest BCUT2D eigenvalue weighted by Crippen LogP contribution is -2.25. The molecule has 9 nitrogen and oxygen atoms in total. The van der Waals surface area contributed by atoms with Gasteiger partial charge >= 0.3 is 0 Å². The van der Waals surface area contributed by atoms with Gasteiger partial charge in [0.2, 0.25) is 10.0 Å². The standard InChI is InChI=1S/C33H49N3O6S2/c1-4-5-6-7-8-9-10-11-12-13-14-15-16-17-24-43(37,38)35-34-31-26-33(27-18-20-28(42-3)21-19-27)36(2)32-23-22-29(25-30(31)32)44(39,40)41/h18-23,25-26,35H,4-17,24H2,1-3H3,(H,39,40,41)/b34-31+. The van der Waals surface area contributed by atoms with E-state index < -0.39 is 20.1 Å². The van der Waals surface area contributed by atoms with Crippen LogP contribution in [0.1, 0.15) is 96.8 Å². The predicted octanol–water partition coefficient (Wildman–Crippen LogP) is 7.32. The van der Waals surface area contributed by atoms with E-state index in [1.165, 1.54) is 76.3 Å². The quantitative estimate of drug-likeness (QED) is 0.0752. The molecule has 44 heavy (non-hydrogen) atoms. The molecule has 3 rings (SSSR count). The van der Waals surface area contributed by atoms with Crippen LogP contribution in [0.4, 0.5) is 0 Å². The number of aromatic nitrogens is 1. The Balaban J connectivity index is 1.61. The Labute approximate surface area is 263 Å². The van der Waals surface area contributed by atoms with Crippen LogP contribution < -0.4 is 14.9 Å². The maximum absolute atomic E-state index is 12.8. The van der Waals surface area contributed by atoms with Gasteiger partial charge in [0.25, 0.3) is 10.1 Å². The van der Waals surface area contributed by atoms with E-state index in [-0.39, 0.29) is 16.0 Å². The van der Waals surface area contributed by atoms with Crippen molar-refractivity contribution in [1.29, 1.82) is 0 Å². The van der Waals surface area contributed by atoms with Gasteiger partial charge in [0.05, 0.1) is 34.3 Å². The third-order valence-electron chi connectivity index (χ3n) is 8.00. The largest absolute Gasteiger partial charge is 0.497 e. The molecule has 1 heterocycles. The van der Waals surface area contributed by atoms with E-state index in [1.54, 1.807) is 19.2 Å². The molecule has 0 saturated carbocycles. The summed E-state index contributed by atoms with van der Waals surface area (Å²) in [4.78, 5) is 2.04. The zero-order valence-electron chi connectivity index (χ0n) is 26.4. The summed E-state index contributed by atoms with van der Waals surface area (Å²) in [6.07, 6.45) is 16.6. The van der Waals surface area contributed by atoms with Gasteiger partial charge in [0, 0.05) is 12.4 Å². The van der Waals surface area contributed by atoms with Gasteiger partial charge in [-0.15, -0.1) is 0 Å². The summed E-state index contributed by atoms with van der Waals surface area (Å²) in [5, 5.41) is 4.83. The number of nitrogens with zero attached hydrogens (tertiary/aromatic N) is 2. The van der Waals surface area contributed by atoms with E-state index in [1.807, 2.05) is 35.9 Å². The van der Waals surface area contributed by atoms with Gasteiger partial charge in [-0.25, -0.2) is 13.2 Å². The topological polar surface area (TPSA) is 127 Å². The van der Waals surface area contributed by atoms with Crippen molar-refractivity contribution in [2.45, 2.75) is 102 Å². The minimum atomic E-state index is -4.47. The Morgan fingerprint density at radius 1 is 0.773 bits per heavy atom. The van der Waals surface area contributed by atoms with Crippen LogP contribution in [-0.4, -0.2) is 38.8 Å². The lowest BCUT2D eigenvalue weighted by atomic mass is 10.0. The summed E-state index contributed by atoms with van der Waals surface area (Å²) < 4.78 is 66.1. The number of benzene rings is 2. The van der Waals surface area contributed by atoms with E-state index in [9.17, 15) is 21.4 Å². The second-order valence-electron chi connectivity index (χ2n) is 11.5. The first-order chi connectivity index (χ1) is 21.1. The monoisotopic (exact) mass is 647 g/mol. The van der Waals surface area contributed by atoms with Gasteiger partial charge in [-0.2, -0.15) is 13.5 Å². The van der Waals surface area contributed by atoms with Crippen LogP contribution in [0.5, 0.6) is 5.75 Å². The van der Waals surface area contributed by atoms with Crippen molar-refractivity contribution in [3.05, 3.63) is 53.9 Å². The van der Waals surface area contributed by atoms with Crippen LogP contribution in [0.3, 0.4) is 0 Å². The van der Waals surface area contributed by atoms with Gasteiger partial charge in [-0.3, -0.25) is 4.55 Å². The maximum atomic E-state index is 12.8. The zero-order chi connectivity index (χ0) is 32.0. The van der Waals surface area contributed by atoms with E-state index in [2.05, 4.69) is 16.9 Å².